The summed E-state index contributed by atoms with van der Waals surface area (Å²) in [6.07, 6.45) is 1.77. The van der Waals surface area contributed by atoms with E-state index in [-0.39, 0.29) is 17.4 Å². The Morgan fingerprint density at radius 3 is 2.74 bits per heavy atom. The fourth-order valence-corrected chi connectivity index (χ4v) is 2.15. The van der Waals surface area contributed by atoms with Crippen molar-refractivity contribution in [1.29, 1.82) is 0 Å². The number of nitrogens with zero attached hydrogens (tertiary/aromatic N) is 2. The minimum absolute atomic E-state index is 0.0991. The highest BCUT2D eigenvalue weighted by molar-refractivity contribution is 6.17. The van der Waals surface area contributed by atoms with Crippen molar-refractivity contribution in [2.75, 3.05) is 12.4 Å². The number of nitro groups is 1. The maximum Gasteiger partial charge on any atom is 0.323 e. The van der Waals surface area contributed by atoms with Crippen LogP contribution in [0.2, 0.25) is 0 Å². The zero-order valence-corrected chi connectivity index (χ0v) is 11.8. The smallest absolute Gasteiger partial charge is 0.323 e. The van der Waals surface area contributed by atoms with Gasteiger partial charge in [-0.3, -0.25) is 4.79 Å². The summed E-state index contributed by atoms with van der Waals surface area (Å²) < 4.78 is 1.28. The molecular formula is C12H18ClN3O3. The number of hydrogen-bond acceptors (Lipinski definition) is 3. The molecule has 7 heteroatoms. The second-order valence-electron chi connectivity index (χ2n) is 4.35. The summed E-state index contributed by atoms with van der Waals surface area (Å²) in [6, 6.07) is 2.78. The summed E-state index contributed by atoms with van der Waals surface area (Å²) >= 11 is 5.68. The second kappa shape index (κ2) is 7.13. The number of halogens is 1. The standard InChI is InChI=1S/C12H18ClN3O3/c1-3-9(6-7-13)8-14-12(17)10-4-5-11(15(10)2)16(18)19/h4-5,9H,3,6-8H2,1-2H3,(H,14,17). The number of nitrogens with one attached hydrogen (secondary N) is 1. The van der Waals surface area contributed by atoms with Gasteiger partial charge < -0.3 is 15.4 Å². The van der Waals surface area contributed by atoms with Gasteiger partial charge in [-0.1, -0.05) is 13.3 Å². The van der Waals surface area contributed by atoms with Crippen LogP contribution in [0.3, 0.4) is 0 Å². The lowest BCUT2D eigenvalue weighted by molar-refractivity contribution is -0.391. The van der Waals surface area contributed by atoms with Crippen LogP contribution in [0.1, 0.15) is 30.3 Å². The molecule has 0 fully saturated rings. The van der Waals surface area contributed by atoms with Crippen LogP contribution in [0.15, 0.2) is 12.1 Å². The van der Waals surface area contributed by atoms with E-state index < -0.39 is 4.92 Å². The van der Waals surface area contributed by atoms with E-state index in [4.69, 9.17) is 11.6 Å². The summed E-state index contributed by atoms with van der Waals surface area (Å²) in [5.41, 5.74) is 0.285. The normalized spacial score (nSPS) is 12.2. The fraction of sp³-hybridized carbons (Fsp3) is 0.583. The molecule has 0 aliphatic rings. The Balaban J connectivity index is 2.66. The van der Waals surface area contributed by atoms with Crippen LogP contribution in [0.5, 0.6) is 0 Å². The molecule has 0 spiro atoms. The number of amides is 1. The maximum atomic E-state index is 11.9. The molecule has 0 aliphatic carbocycles. The lowest BCUT2D eigenvalue weighted by Crippen LogP contribution is -2.30. The molecule has 1 aromatic heterocycles. The summed E-state index contributed by atoms with van der Waals surface area (Å²) in [5.74, 6) is 0.488. The van der Waals surface area contributed by atoms with Gasteiger partial charge in [0.05, 0.1) is 7.05 Å². The monoisotopic (exact) mass is 287 g/mol. The molecule has 0 radical (unpaired) electrons. The number of rotatable bonds is 7. The predicted molar refractivity (Wildman–Crippen MR) is 73.5 cm³/mol. The Morgan fingerprint density at radius 2 is 2.26 bits per heavy atom. The van der Waals surface area contributed by atoms with Gasteiger partial charge in [-0.05, 0) is 23.3 Å². The van der Waals surface area contributed by atoms with Crippen molar-refractivity contribution in [3.05, 3.63) is 27.9 Å². The SMILES string of the molecule is CCC(CCCl)CNC(=O)c1ccc([N+](=O)[O-])n1C. The van der Waals surface area contributed by atoms with Gasteiger partial charge in [0.1, 0.15) is 0 Å². The van der Waals surface area contributed by atoms with Crippen molar-refractivity contribution in [2.45, 2.75) is 19.8 Å². The van der Waals surface area contributed by atoms with Crippen molar-refractivity contribution >= 4 is 23.3 Å². The molecule has 1 N–H and O–H groups in total. The first-order valence-corrected chi connectivity index (χ1v) is 6.69. The van der Waals surface area contributed by atoms with E-state index in [0.29, 0.717) is 18.3 Å². The van der Waals surface area contributed by atoms with E-state index in [9.17, 15) is 14.9 Å². The second-order valence-corrected chi connectivity index (χ2v) is 4.73. The topological polar surface area (TPSA) is 77.2 Å². The summed E-state index contributed by atoms with van der Waals surface area (Å²) in [6.45, 7) is 2.57. The Labute approximate surface area is 116 Å². The first-order chi connectivity index (χ1) is 9.01. The van der Waals surface area contributed by atoms with E-state index in [1.54, 1.807) is 0 Å². The van der Waals surface area contributed by atoms with Crippen LogP contribution in [-0.4, -0.2) is 27.8 Å². The van der Waals surface area contributed by atoms with Crippen molar-refractivity contribution in [2.24, 2.45) is 13.0 Å². The van der Waals surface area contributed by atoms with Crippen LogP contribution in [0.25, 0.3) is 0 Å². The number of alkyl halides is 1. The van der Waals surface area contributed by atoms with E-state index in [0.717, 1.165) is 12.8 Å². The predicted octanol–water partition coefficient (Wildman–Crippen LogP) is 2.32. The average Bonchev–Trinajstić information content (AvgIpc) is 2.76. The summed E-state index contributed by atoms with van der Waals surface area (Å²) in [5, 5.41) is 13.5. The van der Waals surface area contributed by atoms with Crippen molar-refractivity contribution in [3.63, 3.8) is 0 Å². The zero-order chi connectivity index (χ0) is 14.4. The van der Waals surface area contributed by atoms with Gasteiger partial charge in [0.25, 0.3) is 5.91 Å². The molecule has 19 heavy (non-hydrogen) atoms. The van der Waals surface area contributed by atoms with Crippen LogP contribution < -0.4 is 5.32 Å². The number of hydrogen-bond donors (Lipinski definition) is 1. The molecule has 1 amide bonds. The molecule has 6 nitrogen and oxygen atoms in total. The van der Waals surface area contributed by atoms with Gasteiger partial charge in [0.15, 0.2) is 5.69 Å². The molecule has 0 aliphatic heterocycles. The molecule has 0 bridgehead atoms. The zero-order valence-electron chi connectivity index (χ0n) is 11.1. The Hall–Kier alpha value is -1.56. The fourth-order valence-electron chi connectivity index (χ4n) is 1.84. The Bertz CT molecular complexity index is 459. The van der Waals surface area contributed by atoms with Crippen molar-refractivity contribution in [3.8, 4) is 0 Å². The molecule has 1 heterocycles. The van der Waals surface area contributed by atoms with Crippen molar-refractivity contribution in [1.82, 2.24) is 9.88 Å². The summed E-state index contributed by atoms with van der Waals surface area (Å²) in [7, 11) is 1.50. The van der Waals surface area contributed by atoms with E-state index in [2.05, 4.69) is 5.32 Å². The van der Waals surface area contributed by atoms with Gasteiger partial charge in [-0.15, -0.1) is 11.6 Å². The molecule has 1 rings (SSSR count). The first kappa shape index (κ1) is 15.5. The molecule has 0 aromatic carbocycles. The third-order valence-electron chi connectivity index (χ3n) is 3.16. The van der Waals surface area contributed by atoms with E-state index in [1.165, 1.54) is 23.7 Å². The lowest BCUT2D eigenvalue weighted by Gasteiger charge is -2.13. The van der Waals surface area contributed by atoms with Crippen LogP contribution in [0, 0.1) is 16.0 Å². The van der Waals surface area contributed by atoms with Crippen molar-refractivity contribution < 1.29 is 9.72 Å². The highest BCUT2D eigenvalue weighted by atomic mass is 35.5. The number of carbonyl (C=O) groups is 1. The van der Waals surface area contributed by atoms with Gasteiger partial charge in [0.2, 0.25) is 0 Å². The Kier molecular flexibility index (Phi) is 5.82. The highest BCUT2D eigenvalue weighted by Gasteiger charge is 2.20. The highest BCUT2D eigenvalue weighted by Crippen LogP contribution is 2.15. The van der Waals surface area contributed by atoms with E-state index >= 15 is 0 Å². The largest absolute Gasteiger partial charge is 0.358 e. The first-order valence-electron chi connectivity index (χ1n) is 6.15. The number of carbonyl (C=O) groups excluding carboxylic acids is 1. The molecule has 106 valence electrons. The molecule has 0 saturated carbocycles. The van der Waals surface area contributed by atoms with Crippen LogP contribution >= 0.6 is 11.6 Å². The molecule has 1 aromatic rings. The molecule has 1 unspecified atom stereocenters. The minimum Gasteiger partial charge on any atom is -0.358 e. The summed E-state index contributed by atoms with van der Waals surface area (Å²) in [4.78, 5) is 22.1. The Morgan fingerprint density at radius 1 is 1.58 bits per heavy atom. The number of aromatic nitrogens is 1. The minimum atomic E-state index is -0.515. The molecule has 1 atom stereocenters. The lowest BCUT2D eigenvalue weighted by atomic mass is 10.0. The average molecular weight is 288 g/mol. The molecular weight excluding hydrogens is 270 g/mol. The van der Waals surface area contributed by atoms with Gasteiger partial charge in [0, 0.05) is 18.5 Å². The van der Waals surface area contributed by atoms with Crippen LogP contribution in [0.4, 0.5) is 5.82 Å². The molecule has 0 saturated heterocycles. The third kappa shape index (κ3) is 3.96. The van der Waals surface area contributed by atoms with Gasteiger partial charge >= 0.3 is 5.82 Å². The van der Waals surface area contributed by atoms with Gasteiger partial charge in [-0.2, -0.15) is 0 Å². The maximum absolute atomic E-state index is 11.9. The van der Waals surface area contributed by atoms with Crippen LogP contribution in [-0.2, 0) is 7.05 Å². The quantitative estimate of drug-likeness (QED) is 0.475. The van der Waals surface area contributed by atoms with Gasteiger partial charge in [-0.25, -0.2) is 4.57 Å². The van der Waals surface area contributed by atoms with E-state index in [1.807, 2.05) is 6.92 Å². The third-order valence-corrected chi connectivity index (χ3v) is 3.38.